The van der Waals surface area contributed by atoms with E-state index in [-0.39, 0.29) is 10.4 Å². The van der Waals surface area contributed by atoms with Crippen molar-refractivity contribution in [3.63, 3.8) is 0 Å². The van der Waals surface area contributed by atoms with Crippen molar-refractivity contribution < 1.29 is 14.6 Å². The Balaban J connectivity index is 2.72. The molecule has 0 saturated heterocycles. The van der Waals surface area contributed by atoms with E-state index in [9.17, 15) is 4.79 Å². The molecule has 1 rings (SSSR count). The number of alkyl halides is 1. The van der Waals surface area contributed by atoms with Crippen molar-refractivity contribution in [2.45, 2.75) is 18.2 Å². The second kappa shape index (κ2) is 7.12. The first-order chi connectivity index (χ1) is 8.15. The zero-order chi connectivity index (χ0) is 12.7. The number of hydrogen-bond donors (Lipinski definition) is 1. The molecule has 1 atom stereocenters. The fraction of sp³-hybridized carbons (Fsp3) is 0.308. The van der Waals surface area contributed by atoms with Crippen LogP contribution in [-0.2, 0) is 16.0 Å². The van der Waals surface area contributed by atoms with Gasteiger partial charge in [-0.2, -0.15) is 0 Å². The Labute approximate surface area is 109 Å². The molecule has 0 saturated carbocycles. The largest absolute Gasteiger partial charge is 0.501 e. The van der Waals surface area contributed by atoms with E-state index >= 15 is 0 Å². The Morgan fingerprint density at radius 3 is 2.65 bits per heavy atom. The van der Waals surface area contributed by atoms with Gasteiger partial charge < -0.3 is 9.84 Å². The molecule has 4 heteroatoms. The fourth-order valence-corrected chi connectivity index (χ4v) is 2.04. The first kappa shape index (κ1) is 13.8. The number of benzene rings is 1. The quantitative estimate of drug-likeness (QED) is 0.499. The molecule has 17 heavy (non-hydrogen) atoms. The van der Waals surface area contributed by atoms with Crippen LogP contribution in [-0.4, -0.2) is 22.5 Å². The summed E-state index contributed by atoms with van der Waals surface area (Å²) >= 11 is 3.38. The third-order valence-electron chi connectivity index (χ3n) is 2.22. The van der Waals surface area contributed by atoms with Crippen molar-refractivity contribution in [3.8, 4) is 0 Å². The summed E-state index contributed by atoms with van der Waals surface area (Å²) in [4.78, 5) is 10.8. The lowest BCUT2D eigenvalue weighted by Gasteiger charge is -2.10. The molecule has 0 spiro atoms. The molecule has 1 aromatic rings. The smallest absolute Gasteiger partial charge is 0.335 e. The van der Waals surface area contributed by atoms with Crippen LogP contribution in [0.15, 0.2) is 42.2 Å². The van der Waals surface area contributed by atoms with Gasteiger partial charge in [-0.1, -0.05) is 46.3 Å². The first-order valence-corrected chi connectivity index (χ1v) is 6.29. The van der Waals surface area contributed by atoms with Gasteiger partial charge in [0, 0.05) is 0 Å². The van der Waals surface area contributed by atoms with Gasteiger partial charge in [0.1, 0.15) is 0 Å². The average molecular weight is 299 g/mol. The maximum absolute atomic E-state index is 11.1. The standard InChI is InChI=1S/C13H15BrO3/c1-2-17-9-11(13(15)16)12(14)8-10-6-4-3-5-7-10/h3-7,9,12H,2,8H2,1H3,(H,15,16). The third kappa shape index (κ3) is 4.61. The van der Waals surface area contributed by atoms with Crippen LogP contribution in [0.4, 0.5) is 0 Å². The Morgan fingerprint density at radius 1 is 1.47 bits per heavy atom. The Hall–Kier alpha value is -1.29. The fourth-order valence-electron chi connectivity index (χ4n) is 1.36. The van der Waals surface area contributed by atoms with Gasteiger partial charge in [-0.3, -0.25) is 0 Å². The first-order valence-electron chi connectivity index (χ1n) is 5.38. The van der Waals surface area contributed by atoms with E-state index < -0.39 is 5.97 Å². The van der Waals surface area contributed by atoms with E-state index in [1.165, 1.54) is 6.26 Å². The average Bonchev–Trinajstić information content (AvgIpc) is 2.30. The van der Waals surface area contributed by atoms with Crippen LogP contribution in [0, 0.1) is 0 Å². The molecule has 0 heterocycles. The van der Waals surface area contributed by atoms with Crippen molar-refractivity contribution in [2.75, 3.05) is 6.61 Å². The molecule has 0 aliphatic rings. The van der Waals surface area contributed by atoms with Crippen LogP contribution in [0.2, 0.25) is 0 Å². The highest BCUT2D eigenvalue weighted by Crippen LogP contribution is 2.18. The van der Waals surface area contributed by atoms with Crippen LogP contribution >= 0.6 is 15.9 Å². The van der Waals surface area contributed by atoms with E-state index in [0.29, 0.717) is 13.0 Å². The summed E-state index contributed by atoms with van der Waals surface area (Å²) in [5.41, 5.74) is 1.31. The summed E-state index contributed by atoms with van der Waals surface area (Å²) in [5.74, 6) is -0.962. The molecule has 0 bridgehead atoms. The van der Waals surface area contributed by atoms with Gasteiger partial charge in [0.25, 0.3) is 0 Å². The monoisotopic (exact) mass is 298 g/mol. The highest BCUT2D eigenvalue weighted by Gasteiger charge is 2.18. The van der Waals surface area contributed by atoms with Gasteiger partial charge in [0.15, 0.2) is 0 Å². The summed E-state index contributed by atoms with van der Waals surface area (Å²) < 4.78 is 5.04. The van der Waals surface area contributed by atoms with E-state index in [1.807, 2.05) is 37.3 Å². The lowest BCUT2D eigenvalue weighted by molar-refractivity contribution is -0.132. The predicted octanol–water partition coefficient (Wildman–Crippen LogP) is 3.00. The number of carbonyl (C=O) groups is 1. The minimum Gasteiger partial charge on any atom is -0.501 e. The molecule has 0 aliphatic heterocycles. The van der Waals surface area contributed by atoms with Crippen molar-refractivity contribution in [2.24, 2.45) is 0 Å². The zero-order valence-electron chi connectivity index (χ0n) is 9.60. The predicted molar refractivity (Wildman–Crippen MR) is 70.2 cm³/mol. The van der Waals surface area contributed by atoms with Gasteiger partial charge in [0.2, 0.25) is 0 Å². The molecular formula is C13H15BrO3. The van der Waals surface area contributed by atoms with Crippen LogP contribution in [0.25, 0.3) is 0 Å². The normalized spacial score (nSPS) is 13.2. The number of ether oxygens (including phenoxy) is 1. The molecule has 0 amide bonds. The lowest BCUT2D eigenvalue weighted by atomic mass is 10.1. The second-order valence-electron chi connectivity index (χ2n) is 3.49. The van der Waals surface area contributed by atoms with Crippen LogP contribution in [0.5, 0.6) is 0 Å². The van der Waals surface area contributed by atoms with Gasteiger partial charge in [-0.05, 0) is 18.9 Å². The number of rotatable bonds is 6. The third-order valence-corrected chi connectivity index (χ3v) is 3.04. The van der Waals surface area contributed by atoms with Crippen LogP contribution in [0.3, 0.4) is 0 Å². The second-order valence-corrected chi connectivity index (χ2v) is 4.60. The molecule has 0 fully saturated rings. The van der Waals surface area contributed by atoms with Gasteiger partial charge in [-0.25, -0.2) is 4.79 Å². The molecule has 1 N–H and O–H groups in total. The van der Waals surface area contributed by atoms with Crippen molar-refractivity contribution in [1.82, 2.24) is 0 Å². The van der Waals surface area contributed by atoms with E-state index in [1.54, 1.807) is 0 Å². The Morgan fingerprint density at radius 2 is 2.12 bits per heavy atom. The SMILES string of the molecule is CCOC=C(C(=O)O)C(Br)Cc1ccccc1. The molecule has 0 aromatic heterocycles. The van der Waals surface area contributed by atoms with Crippen LogP contribution in [0.1, 0.15) is 12.5 Å². The number of carboxylic acids is 1. The zero-order valence-corrected chi connectivity index (χ0v) is 11.2. The maximum atomic E-state index is 11.1. The molecule has 0 aliphatic carbocycles. The van der Waals surface area contributed by atoms with Crippen molar-refractivity contribution in [1.29, 1.82) is 0 Å². The van der Waals surface area contributed by atoms with E-state index in [0.717, 1.165) is 5.56 Å². The lowest BCUT2D eigenvalue weighted by Crippen LogP contribution is -2.15. The minimum absolute atomic E-state index is 0.232. The summed E-state index contributed by atoms with van der Waals surface area (Å²) in [6, 6.07) is 9.73. The highest BCUT2D eigenvalue weighted by molar-refractivity contribution is 9.09. The summed E-state index contributed by atoms with van der Waals surface area (Å²) in [7, 11) is 0. The highest BCUT2D eigenvalue weighted by atomic mass is 79.9. The summed E-state index contributed by atoms with van der Waals surface area (Å²) in [5, 5.41) is 9.07. The molecule has 3 nitrogen and oxygen atoms in total. The molecule has 1 unspecified atom stereocenters. The van der Waals surface area contributed by atoms with Gasteiger partial charge in [0.05, 0.1) is 23.3 Å². The van der Waals surface area contributed by atoms with E-state index in [2.05, 4.69) is 15.9 Å². The number of hydrogen-bond acceptors (Lipinski definition) is 2. The topological polar surface area (TPSA) is 46.5 Å². The summed E-state index contributed by atoms with van der Waals surface area (Å²) in [6.45, 7) is 2.28. The molecule has 92 valence electrons. The maximum Gasteiger partial charge on any atom is 0.335 e. The number of aliphatic carboxylic acids is 1. The van der Waals surface area contributed by atoms with Gasteiger partial charge in [-0.15, -0.1) is 0 Å². The van der Waals surface area contributed by atoms with Crippen molar-refractivity contribution >= 4 is 21.9 Å². The summed E-state index contributed by atoms with van der Waals surface area (Å²) in [6.07, 6.45) is 1.93. The molecule has 1 aromatic carbocycles. The Kier molecular flexibility index (Phi) is 5.77. The Bertz CT molecular complexity index is 387. The van der Waals surface area contributed by atoms with E-state index in [4.69, 9.17) is 9.84 Å². The minimum atomic E-state index is -0.962. The van der Waals surface area contributed by atoms with Gasteiger partial charge >= 0.3 is 5.97 Å². The van der Waals surface area contributed by atoms with Crippen molar-refractivity contribution in [3.05, 3.63) is 47.7 Å². The number of halogens is 1. The molecular weight excluding hydrogens is 284 g/mol. The number of carboxylic acid groups (broad SMARTS) is 1. The van der Waals surface area contributed by atoms with Crippen LogP contribution < -0.4 is 0 Å². The molecule has 0 radical (unpaired) electrons.